The van der Waals surface area contributed by atoms with E-state index in [0.29, 0.717) is 18.5 Å². The number of hydrogen-bond acceptors (Lipinski definition) is 2. The average molecular weight is 289 g/mol. The first-order valence-corrected chi connectivity index (χ1v) is 7.65. The lowest BCUT2D eigenvalue weighted by Gasteiger charge is -2.26. The zero-order valence-corrected chi connectivity index (χ0v) is 12.5. The first kappa shape index (κ1) is 15.5. The van der Waals surface area contributed by atoms with Gasteiger partial charge in [0.2, 0.25) is 5.91 Å². The molecule has 1 saturated carbocycles. The first-order valence-electron chi connectivity index (χ1n) is 7.65. The van der Waals surface area contributed by atoms with Crippen molar-refractivity contribution in [3.8, 4) is 0 Å². The maximum atomic E-state index is 12.3. The van der Waals surface area contributed by atoms with Crippen LogP contribution >= 0.6 is 0 Å². The van der Waals surface area contributed by atoms with Crippen LogP contribution in [0.5, 0.6) is 0 Å². The van der Waals surface area contributed by atoms with Crippen molar-refractivity contribution in [2.24, 2.45) is 5.92 Å². The molecule has 0 heterocycles. The number of amides is 1. The molecule has 0 saturated heterocycles. The zero-order chi connectivity index (χ0) is 15.2. The van der Waals surface area contributed by atoms with Crippen LogP contribution in [0.2, 0.25) is 0 Å². The lowest BCUT2D eigenvalue weighted by Crippen LogP contribution is -2.35. The molecular formula is C17H23NO3. The Morgan fingerprint density at radius 3 is 2.52 bits per heavy atom. The quantitative estimate of drug-likeness (QED) is 0.906. The highest BCUT2D eigenvalue weighted by Crippen LogP contribution is 2.25. The minimum Gasteiger partial charge on any atom is -0.478 e. The van der Waals surface area contributed by atoms with E-state index < -0.39 is 5.97 Å². The van der Waals surface area contributed by atoms with Crippen LogP contribution < -0.4 is 0 Å². The molecule has 4 nitrogen and oxygen atoms in total. The average Bonchev–Trinajstić information content (AvgIpc) is 2.52. The van der Waals surface area contributed by atoms with Crippen molar-refractivity contribution in [2.45, 2.75) is 38.5 Å². The monoisotopic (exact) mass is 289 g/mol. The van der Waals surface area contributed by atoms with Crippen molar-refractivity contribution >= 4 is 11.9 Å². The van der Waals surface area contributed by atoms with Crippen LogP contribution in [0, 0.1) is 5.92 Å². The van der Waals surface area contributed by atoms with Gasteiger partial charge in [-0.25, -0.2) is 4.79 Å². The normalized spacial score (nSPS) is 15.7. The van der Waals surface area contributed by atoms with E-state index in [1.54, 1.807) is 17.0 Å². The van der Waals surface area contributed by atoms with Gasteiger partial charge in [-0.1, -0.05) is 37.5 Å². The molecule has 21 heavy (non-hydrogen) atoms. The van der Waals surface area contributed by atoms with Crippen molar-refractivity contribution < 1.29 is 14.7 Å². The van der Waals surface area contributed by atoms with Gasteiger partial charge in [-0.3, -0.25) is 4.79 Å². The van der Waals surface area contributed by atoms with Crippen molar-refractivity contribution in [3.05, 3.63) is 35.4 Å². The Balaban J connectivity index is 1.93. The number of carboxylic acids is 1. The molecule has 0 aromatic heterocycles. The summed E-state index contributed by atoms with van der Waals surface area (Å²) in [4.78, 5) is 25.3. The second-order valence-electron chi connectivity index (χ2n) is 5.81. The topological polar surface area (TPSA) is 57.6 Å². The van der Waals surface area contributed by atoms with Crippen LogP contribution in [0.15, 0.2) is 24.3 Å². The molecule has 0 unspecified atom stereocenters. The molecule has 0 radical (unpaired) electrons. The van der Waals surface area contributed by atoms with E-state index >= 15 is 0 Å². The van der Waals surface area contributed by atoms with Crippen molar-refractivity contribution in [1.29, 1.82) is 0 Å². The van der Waals surface area contributed by atoms with Gasteiger partial charge in [-0.2, -0.15) is 0 Å². The number of rotatable bonds is 5. The summed E-state index contributed by atoms with van der Waals surface area (Å²) < 4.78 is 0. The summed E-state index contributed by atoms with van der Waals surface area (Å²) in [6.07, 6.45) is 6.10. The van der Waals surface area contributed by atoms with E-state index in [1.165, 1.54) is 6.42 Å². The van der Waals surface area contributed by atoms with Gasteiger partial charge >= 0.3 is 5.97 Å². The van der Waals surface area contributed by atoms with E-state index in [0.717, 1.165) is 31.2 Å². The van der Waals surface area contributed by atoms with Crippen LogP contribution in [0.25, 0.3) is 0 Å². The highest BCUT2D eigenvalue weighted by Gasteiger charge is 2.24. The molecule has 0 atom stereocenters. The molecule has 0 aliphatic heterocycles. The molecule has 4 heteroatoms. The SMILES string of the molecule is CN(CCc1ccccc1C(=O)O)C(=O)C1CCCCC1. The summed E-state index contributed by atoms with van der Waals surface area (Å²) in [6.45, 7) is 0.569. The van der Waals surface area contributed by atoms with Gasteiger partial charge < -0.3 is 10.0 Å². The number of nitrogens with zero attached hydrogens (tertiary/aromatic N) is 1. The van der Waals surface area contributed by atoms with Crippen LogP contribution in [-0.2, 0) is 11.2 Å². The molecule has 114 valence electrons. The number of carbonyl (C=O) groups is 2. The standard InChI is InChI=1S/C17H23NO3/c1-18(16(19)14-8-3-2-4-9-14)12-11-13-7-5-6-10-15(13)17(20)21/h5-7,10,14H,2-4,8-9,11-12H2,1H3,(H,20,21). The van der Waals surface area contributed by atoms with E-state index in [9.17, 15) is 9.59 Å². The fourth-order valence-corrected chi connectivity index (χ4v) is 3.01. The first-order chi connectivity index (χ1) is 10.1. The molecule has 2 rings (SSSR count). The fourth-order valence-electron chi connectivity index (χ4n) is 3.01. The van der Waals surface area contributed by atoms with Gasteiger partial charge in [-0.05, 0) is 30.9 Å². The van der Waals surface area contributed by atoms with Crippen LogP contribution in [0.1, 0.15) is 48.0 Å². The number of aromatic carboxylic acids is 1. The third kappa shape index (κ3) is 4.06. The summed E-state index contributed by atoms with van der Waals surface area (Å²) in [5, 5.41) is 9.16. The van der Waals surface area contributed by atoms with E-state index in [2.05, 4.69) is 0 Å². The van der Waals surface area contributed by atoms with Crippen LogP contribution in [0.3, 0.4) is 0 Å². The Hall–Kier alpha value is -1.84. The largest absolute Gasteiger partial charge is 0.478 e. The van der Waals surface area contributed by atoms with Gasteiger partial charge in [-0.15, -0.1) is 0 Å². The maximum Gasteiger partial charge on any atom is 0.335 e. The van der Waals surface area contributed by atoms with Gasteiger partial charge in [0.15, 0.2) is 0 Å². The molecule has 0 bridgehead atoms. The van der Waals surface area contributed by atoms with E-state index in [4.69, 9.17) is 5.11 Å². The van der Waals surface area contributed by atoms with Gasteiger partial charge in [0, 0.05) is 19.5 Å². The Bertz CT molecular complexity index is 507. The number of carbonyl (C=O) groups excluding carboxylic acids is 1. The van der Waals surface area contributed by atoms with Gasteiger partial charge in [0.25, 0.3) is 0 Å². The molecule has 1 aliphatic carbocycles. The molecule has 1 aromatic rings. The molecule has 1 N–H and O–H groups in total. The Morgan fingerprint density at radius 2 is 1.86 bits per heavy atom. The maximum absolute atomic E-state index is 12.3. The summed E-state index contributed by atoms with van der Waals surface area (Å²) in [5.74, 6) is -0.534. The second kappa shape index (κ2) is 7.25. The van der Waals surface area contributed by atoms with E-state index in [1.807, 2.05) is 19.2 Å². The zero-order valence-electron chi connectivity index (χ0n) is 12.5. The van der Waals surface area contributed by atoms with Crippen molar-refractivity contribution in [2.75, 3.05) is 13.6 Å². The van der Waals surface area contributed by atoms with E-state index in [-0.39, 0.29) is 11.8 Å². The Kier molecular flexibility index (Phi) is 5.37. The minimum absolute atomic E-state index is 0.165. The summed E-state index contributed by atoms with van der Waals surface area (Å²) in [6, 6.07) is 7.00. The van der Waals surface area contributed by atoms with Crippen molar-refractivity contribution in [1.82, 2.24) is 4.90 Å². The van der Waals surface area contributed by atoms with Gasteiger partial charge in [0.05, 0.1) is 5.56 Å². The van der Waals surface area contributed by atoms with Crippen LogP contribution in [0.4, 0.5) is 0 Å². The predicted octanol–water partition coefficient (Wildman–Crippen LogP) is 2.97. The minimum atomic E-state index is -0.910. The molecular weight excluding hydrogens is 266 g/mol. The third-order valence-electron chi connectivity index (χ3n) is 4.29. The summed E-state index contributed by atoms with van der Waals surface area (Å²) in [7, 11) is 1.82. The van der Waals surface area contributed by atoms with Gasteiger partial charge in [0.1, 0.15) is 0 Å². The fraction of sp³-hybridized carbons (Fsp3) is 0.529. The number of benzene rings is 1. The molecule has 1 aliphatic rings. The molecule has 1 fully saturated rings. The lowest BCUT2D eigenvalue weighted by molar-refractivity contribution is -0.135. The predicted molar refractivity (Wildman–Crippen MR) is 81.3 cm³/mol. The third-order valence-corrected chi connectivity index (χ3v) is 4.29. The highest BCUT2D eigenvalue weighted by molar-refractivity contribution is 5.89. The molecule has 1 aromatic carbocycles. The summed E-state index contributed by atoms with van der Waals surface area (Å²) >= 11 is 0. The van der Waals surface area contributed by atoms with Crippen LogP contribution in [-0.4, -0.2) is 35.5 Å². The Morgan fingerprint density at radius 1 is 1.19 bits per heavy atom. The number of likely N-dealkylation sites (N-methyl/N-ethyl adjacent to an activating group) is 1. The summed E-state index contributed by atoms with van der Waals surface area (Å²) in [5.41, 5.74) is 1.12. The second-order valence-corrected chi connectivity index (χ2v) is 5.81. The number of carboxylic acid groups (broad SMARTS) is 1. The lowest BCUT2D eigenvalue weighted by atomic mass is 9.88. The smallest absolute Gasteiger partial charge is 0.335 e. The highest BCUT2D eigenvalue weighted by atomic mass is 16.4. The van der Waals surface area contributed by atoms with Crippen molar-refractivity contribution in [3.63, 3.8) is 0 Å². The number of hydrogen-bond donors (Lipinski definition) is 1. The molecule has 0 spiro atoms. The Labute approximate surface area is 125 Å². The molecule has 1 amide bonds.